The van der Waals surface area contributed by atoms with Crippen molar-refractivity contribution in [1.82, 2.24) is 15.0 Å². The highest BCUT2D eigenvalue weighted by Crippen LogP contribution is 2.46. The van der Waals surface area contributed by atoms with Crippen LogP contribution < -0.4 is 9.64 Å². The molecule has 0 unspecified atom stereocenters. The summed E-state index contributed by atoms with van der Waals surface area (Å²) in [6.45, 7) is 5.72. The maximum Gasteiger partial charge on any atom is 0.242 e. The number of aromatic nitrogens is 3. The average Bonchev–Trinajstić information content (AvgIpc) is 2.88. The van der Waals surface area contributed by atoms with Crippen LogP contribution in [0.4, 0.5) is 11.5 Å². The topological polar surface area (TPSA) is 68.2 Å². The van der Waals surface area contributed by atoms with Crippen molar-refractivity contribution in [3.05, 3.63) is 60.2 Å². The van der Waals surface area contributed by atoms with Gasteiger partial charge < -0.3 is 4.74 Å². The Morgan fingerprint density at radius 2 is 1.78 bits per heavy atom. The number of anilines is 2. The average molecular weight is 360 g/mol. The second-order valence-corrected chi connectivity index (χ2v) is 7.05. The lowest BCUT2D eigenvalue weighted by Crippen LogP contribution is -2.33. The lowest BCUT2D eigenvalue weighted by atomic mass is 9.85. The number of hydrogen-bond acceptors (Lipinski definition) is 5. The maximum atomic E-state index is 13.2. The van der Waals surface area contributed by atoms with Crippen molar-refractivity contribution in [2.45, 2.75) is 26.2 Å². The Bertz CT molecular complexity index is 1030. The van der Waals surface area contributed by atoms with Gasteiger partial charge in [0.05, 0.1) is 18.2 Å². The summed E-state index contributed by atoms with van der Waals surface area (Å²) in [5.74, 6) is 1.71. The van der Waals surface area contributed by atoms with Crippen LogP contribution in [0.25, 0.3) is 11.1 Å². The SMILES string of the molecule is COc1cccc(N2C(=O)C(C)(C)c3ccc(-c4cnc(C)nc4)cc32)n1. The number of amides is 1. The molecule has 3 aromatic rings. The molecule has 0 saturated carbocycles. The second-order valence-electron chi connectivity index (χ2n) is 7.05. The monoisotopic (exact) mass is 360 g/mol. The van der Waals surface area contributed by atoms with Crippen molar-refractivity contribution in [2.75, 3.05) is 12.0 Å². The van der Waals surface area contributed by atoms with Crippen LogP contribution in [0.2, 0.25) is 0 Å². The van der Waals surface area contributed by atoms with Crippen LogP contribution in [0.5, 0.6) is 5.88 Å². The number of fused-ring (bicyclic) bond motifs is 1. The van der Waals surface area contributed by atoms with E-state index in [4.69, 9.17) is 4.74 Å². The van der Waals surface area contributed by atoms with Gasteiger partial charge in [0.15, 0.2) is 0 Å². The van der Waals surface area contributed by atoms with Gasteiger partial charge in [-0.25, -0.2) is 9.97 Å². The Morgan fingerprint density at radius 1 is 1.04 bits per heavy atom. The van der Waals surface area contributed by atoms with Crippen LogP contribution in [-0.2, 0) is 10.2 Å². The van der Waals surface area contributed by atoms with E-state index in [0.29, 0.717) is 11.7 Å². The number of hydrogen-bond donors (Lipinski definition) is 0. The third-order valence-electron chi connectivity index (χ3n) is 4.91. The third kappa shape index (κ3) is 2.73. The van der Waals surface area contributed by atoms with Gasteiger partial charge in [-0.15, -0.1) is 0 Å². The molecule has 0 radical (unpaired) electrons. The molecule has 4 rings (SSSR count). The summed E-state index contributed by atoms with van der Waals surface area (Å²) < 4.78 is 5.23. The molecular formula is C21H20N4O2. The van der Waals surface area contributed by atoms with E-state index in [0.717, 1.165) is 28.2 Å². The molecule has 0 aliphatic carbocycles. The first kappa shape index (κ1) is 17.1. The van der Waals surface area contributed by atoms with Gasteiger partial charge in [0, 0.05) is 24.0 Å². The molecule has 0 spiro atoms. The molecule has 1 amide bonds. The number of carbonyl (C=O) groups excluding carboxylic acids is 1. The summed E-state index contributed by atoms with van der Waals surface area (Å²) in [6.07, 6.45) is 3.58. The van der Waals surface area contributed by atoms with Crippen LogP contribution in [0.15, 0.2) is 48.8 Å². The highest BCUT2D eigenvalue weighted by Gasteiger charge is 2.45. The van der Waals surface area contributed by atoms with Crippen LogP contribution in [0, 0.1) is 6.92 Å². The van der Waals surface area contributed by atoms with Gasteiger partial charge in [-0.1, -0.05) is 18.2 Å². The zero-order chi connectivity index (χ0) is 19.2. The van der Waals surface area contributed by atoms with Crippen molar-refractivity contribution in [3.8, 4) is 17.0 Å². The summed E-state index contributed by atoms with van der Waals surface area (Å²) in [5, 5.41) is 0. The fraction of sp³-hybridized carbons (Fsp3) is 0.238. The maximum absolute atomic E-state index is 13.2. The van der Waals surface area contributed by atoms with E-state index in [1.165, 1.54) is 0 Å². The van der Waals surface area contributed by atoms with Gasteiger partial charge >= 0.3 is 0 Å². The van der Waals surface area contributed by atoms with Crippen molar-refractivity contribution < 1.29 is 9.53 Å². The number of methoxy groups -OCH3 is 1. The molecule has 0 fully saturated rings. The highest BCUT2D eigenvalue weighted by atomic mass is 16.5. The summed E-state index contributed by atoms with van der Waals surface area (Å²) >= 11 is 0. The molecule has 27 heavy (non-hydrogen) atoms. The molecule has 6 nitrogen and oxygen atoms in total. The van der Waals surface area contributed by atoms with E-state index in [1.54, 1.807) is 30.5 Å². The minimum absolute atomic E-state index is 0.0180. The van der Waals surface area contributed by atoms with Crippen LogP contribution in [0.1, 0.15) is 25.2 Å². The summed E-state index contributed by atoms with van der Waals surface area (Å²) in [5.41, 5.74) is 3.01. The molecule has 2 aromatic heterocycles. The van der Waals surface area contributed by atoms with Gasteiger partial charge in [-0.2, -0.15) is 4.98 Å². The van der Waals surface area contributed by atoms with Gasteiger partial charge in [0.25, 0.3) is 0 Å². The number of aryl methyl sites for hydroxylation is 1. The van der Waals surface area contributed by atoms with Gasteiger partial charge in [-0.3, -0.25) is 9.69 Å². The number of benzene rings is 1. The second kappa shape index (κ2) is 6.16. The molecule has 1 aliphatic rings. The molecule has 136 valence electrons. The largest absolute Gasteiger partial charge is 0.481 e. The van der Waals surface area contributed by atoms with Crippen LogP contribution in [-0.4, -0.2) is 28.0 Å². The zero-order valence-corrected chi connectivity index (χ0v) is 15.7. The Kier molecular flexibility index (Phi) is 3.91. The quantitative estimate of drug-likeness (QED) is 0.710. The lowest BCUT2D eigenvalue weighted by molar-refractivity contribution is -0.121. The molecule has 0 N–H and O–H groups in total. The molecule has 1 aliphatic heterocycles. The minimum atomic E-state index is -0.637. The standard InChI is InChI=1S/C21H20N4O2/c1-13-22-11-15(12-23-13)14-8-9-16-17(10-14)25(20(26)21(16,2)3)18-6-5-7-19(24-18)27-4/h5-12H,1-4H3. The first-order chi connectivity index (χ1) is 12.9. The Labute approximate surface area is 157 Å². The van der Waals surface area contributed by atoms with E-state index in [2.05, 4.69) is 15.0 Å². The van der Waals surface area contributed by atoms with Crippen molar-refractivity contribution in [2.24, 2.45) is 0 Å². The van der Waals surface area contributed by atoms with Gasteiger partial charge in [0.2, 0.25) is 11.8 Å². The molecule has 0 bridgehead atoms. The first-order valence-corrected chi connectivity index (χ1v) is 8.71. The number of rotatable bonds is 3. The predicted octanol–water partition coefficient (Wildman–Crippen LogP) is 3.81. The fourth-order valence-corrected chi connectivity index (χ4v) is 3.34. The normalized spacial score (nSPS) is 15.0. The van der Waals surface area contributed by atoms with E-state index >= 15 is 0 Å². The van der Waals surface area contributed by atoms with Crippen LogP contribution in [0.3, 0.4) is 0 Å². The Morgan fingerprint density at radius 3 is 2.48 bits per heavy atom. The molecule has 6 heteroatoms. The van der Waals surface area contributed by atoms with Crippen molar-refractivity contribution >= 4 is 17.4 Å². The fourth-order valence-electron chi connectivity index (χ4n) is 3.34. The predicted molar refractivity (Wildman–Crippen MR) is 103 cm³/mol. The molecular weight excluding hydrogens is 340 g/mol. The van der Waals surface area contributed by atoms with Gasteiger partial charge in [-0.05, 0) is 44.0 Å². The summed E-state index contributed by atoms with van der Waals surface area (Å²) in [4.78, 5) is 27.9. The molecule has 0 atom stereocenters. The third-order valence-corrected chi connectivity index (χ3v) is 4.91. The highest BCUT2D eigenvalue weighted by molar-refractivity contribution is 6.12. The number of carbonyl (C=O) groups is 1. The van der Waals surface area contributed by atoms with E-state index in [1.807, 2.05) is 51.1 Å². The first-order valence-electron chi connectivity index (χ1n) is 8.71. The lowest BCUT2D eigenvalue weighted by Gasteiger charge is -2.20. The van der Waals surface area contributed by atoms with Crippen molar-refractivity contribution in [3.63, 3.8) is 0 Å². The minimum Gasteiger partial charge on any atom is -0.481 e. The summed E-state index contributed by atoms with van der Waals surface area (Å²) in [7, 11) is 1.56. The van der Waals surface area contributed by atoms with Crippen molar-refractivity contribution in [1.29, 1.82) is 0 Å². The molecule has 3 heterocycles. The molecule has 0 saturated heterocycles. The van der Waals surface area contributed by atoms with E-state index in [9.17, 15) is 4.79 Å². The molecule has 1 aromatic carbocycles. The Balaban J connectivity index is 1.87. The van der Waals surface area contributed by atoms with Gasteiger partial charge in [0.1, 0.15) is 11.6 Å². The zero-order valence-electron chi connectivity index (χ0n) is 15.7. The summed E-state index contributed by atoms with van der Waals surface area (Å²) in [6, 6.07) is 11.4. The number of ether oxygens (including phenoxy) is 1. The Hall–Kier alpha value is -3.28. The van der Waals surface area contributed by atoms with E-state index in [-0.39, 0.29) is 5.91 Å². The van der Waals surface area contributed by atoms with E-state index < -0.39 is 5.41 Å². The number of pyridine rings is 1. The smallest absolute Gasteiger partial charge is 0.242 e. The number of nitrogens with zero attached hydrogens (tertiary/aromatic N) is 4. The van der Waals surface area contributed by atoms with Crippen LogP contribution >= 0.6 is 0 Å².